The molecule has 0 radical (unpaired) electrons. The topological polar surface area (TPSA) is 60.4 Å². The lowest BCUT2D eigenvalue weighted by molar-refractivity contribution is 0.101. The molecule has 1 aliphatic carbocycles. The van der Waals surface area contributed by atoms with Crippen LogP contribution in [0.3, 0.4) is 0 Å². The van der Waals surface area contributed by atoms with Crippen LogP contribution in [0.25, 0.3) is 0 Å². The van der Waals surface area contributed by atoms with Gasteiger partial charge in [0.05, 0.1) is 0 Å². The molecular weight excluding hydrogens is 300 g/mol. The van der Waals surface area contributed by atoms with Crippen molar-refractivity contribution >= 4 is 15.9 Å². The number of fused-ring (bicyclic) bond motifs is 1. The van der Waals surface area contributed by atoms with Gasteiger partial charge in [-0.05, 0) is 61.6 Å². The first kappa shape index (κ1) is 14.8. The number of hydrogen-bond donors (Lipinski definition) is 0. The molecule has 0 bridgehead atoms. The Kier molecular flexibility index (Phi) is 3.74. The Hall–Kier alpha value is -2.14. The number of hydrogen-bond acceptors (Lipinski definition) is 4. The second kappa shape index (κ2) is 5.57. The van der Waals surface area contributed by atoms with Crippen molar-refractivity contribution in [3.8, 4) is 5.75 Å². The Bertz CT molecular complexity index is 820. The second-order valence-corrected chi connectivity index (χ2v) is 6.95. The second-order valence-electron chi connectivity index (χ2n) is 5.40. The highest BCUT2D eigenvalue weighted by Gasteiger charge is 2.19. The first-order valence-corrected chi connectivity index (χ1v) is 8.54. The van der Waals surface area contributed by atoms with Gasteiger partial charge in [0.2, 0.25) is 0 Å². The molecule has 0 aromatic heterocycles. The van der Waals surface area contributed by atoms with Crippen LogP contribution in [-0.4, -0.2) is 14.2 Å². The van der Waals surface area contributed by atoms with Gasteiger partial charge in [0.1, 0.15) is 10.6 Å². The Labute approximate surface area is 129 Å². The summed E-state index contributed by atoms with van der Waals surface area (Å²) >= 11 is 0. The predicted octanol–water partition coefficient (Wildman–Crippen LogP) is 3.15. The normalized spacial score (nSPS) is 13.7. The third-order valence-corrected chi connectivity index (χ3v) is 5.09. The number of ketones is 1. The lowest BCUT2D eigenvalue weighted by atomic mass is 10.1. The first-order chi connectivity index (χ1) is 10.5. The van der Waals surface area contributed by atoms with Crippen molar-refractivity contribution in [1.29, 1.82) is 0 Å². The van der Waals surface area contributed by atoms with Gasteiger partial charge in [-0.3, -0.25) is 4.79 Å². The number of carbonyl (C=O) groups excluding carboxylic acids is 1. The maximum Gasteiger partial charge on any atom is 0.339 e. The third kappa shape index (κ3) is 2.90. The molecule has 2 aromatic rings. The summed E-state index contributed by atoms with van der Waals surface area (Å²) in [5.41, 5.74) is 2.88. The number of benzene rings is 2. The molecule has 0 unspecified atom stereocenters. The quantitative estimate of drug-likeness (QED) is 0.642. The highest BCUT2D eigenvalue weighted by atomic mass is 32.2. The van der Waals surface area contributed by atoms with Gasteiger partial charge in [-0.25, -0.2) is 0 Å². The zero-order chi connectivity index (χ0) is 15.7. The molecule has 0 heterocycles. The molecule has 5 heteroatoms. The smallest absolute Gasteiger partial charge is 0.339 e. The maximum atomic E-state index is 12.3. The zero-order valence-corrected chi connectivity index (χ0v) is 13.0. The number of rotatable bonds is 4. The summed E-state index contributed by atoms with van der Waals surface area (Å²) in [5, 5.41) is 0. The summed E-state index contributed by atoms with van der Waals surface area (Å²) in [6.07, 6.45) is 3.09. The van der Waals surface area contributed by atoms with Gasteiger partial charge in [0.15, 0.2) is 5.78 Å². The molecule has 0 atom stereocenters. The van der Waals surface area contributed by atoms with Crippen molar-refractivity contribution in [2.75, 3.05) is 0 Å². The van der Waals surface area contributed by atoms with Crippen LogP contribution >= 0.6 is 0 Å². The average molecular weight is 316 g/mol. The van der Waals surface area contributed by atoms with Gasteiger partial charge >= 0.3 is 10.1 Å². The monoisotopic (exact) mass is 316 g/mol. The van der Waals surface area contributed by atoms with E-state index in [0.717, 1.165) is 24.8 Å². The number of Topliss-reactive ketones (excluding diaryl/α,β-unsaturated/α-hetero) is 1. The highest BCUT2D eigenvalue weighted by molar-refractivity contribution is 7.87. The van der Waals surface area contributed by atoms with Crippen molar-refractivity contribution in [2.24, 2.45) is 0 Å². The molecule has 114 valence electrons. The summed E-state index contributed by atoms with van der Waals surface area (Å²) < 4.78 is 29.8. The third-order valence-electron chi connectivity index (χ3n) is 3.83. The van der Waals surface area contributed by atoms with Gasteiger partial charge < -0.3 is 4.18 Å². The van der Waals surface area contributed by atoms with E-state index in [1.807, 2.05) is 6.07 Å². The summed E-state index contributed by atoms with van der Waals surface area (Å²) in [7, 11) is -3.88. The Morgan fingerprint density at radius 2 is 1.68 bits per heavy atom. The number of aryl methyl sites for hydroxylation is 2. The molecule has 4 nitrogen and oxygen atoms in total. The van der Waals surface area contributed by atoms with Crippen LogP contribution in [0.5, 0.6) is 5.75 Å². The fourth-order valence-corrected chi connectivity index (χ4v) is 3.55. The van der Waals surface area contributed by atoms with Crippen LogP contribution in [0.2, 0.25) is 0 Å². The predicted molar refractivity (Wildman–Crippen MR) is 82.7 cm³/mol. The van der Waals surface area contributed by atoms with Gasteiger partial charge in [-0.2, -0.15) is 8.42 Å². The Morgan fingerprint density at radius 1 is 1.00 bits per heavy atom. The molecule has 0 saturated heterocycles. The van der Waals surface area contributed by atoms with E-state index in [9.17, 15) is 13.2 Å². The molecule has 2 aromatic carbocycles. The van der Waals surface area contributed by atoms with E-state index in [-0.39, 0.29) is 10.7 Å². The molecule has 3 rings (SSSR count). The largest absolute Gasteiger partial charge is 0.379 e. The average Bonchev–Trinajstić information content (AvgIpc) is 2.94. The first-order valence-electron chi connectivity index (χ1n) is 7.13. The van der Waals surface area contributed by atoms with Gasteiger partial charge in [-0.1, -0.05) is 18.2 Å². The van der Waals surface area contributed by atoms with E-state index in [0.29, 0.717) is 11.3 Å². The summed E-state index contributed by atoms with van der Waals surface area (Å²) in [4.78, 5) is 11.3. The van der Waals surface area contributed by atoms with Crippen molar-refractivity contribution in [3.05, 3.63) is 59.2 Å². The summed E-state index contributed by atoms with van der Waals surface area (Å²) in [6.45, 7) is 1.44. The molecule has 0 spiro atoms. The lowest BCUT2D eigenvalue weighted by Crippen LogP contribution is -2.10. The van der Waals surface area contributed by atoms with E-state index >= 15 is 0 Å². The SMILES string of the molecule is CC(=O)c1ccc(S(=O)(=O)Oc2ccc3c(c2)CCC3)cc1. The standard InChI is InChI=1S/C17H16O4S/c1-12(18)13-6-9-17(10-7-13)22(19,20)21-16-8-5-14-3-2-4-15(14)11-16/h5-11H,2-4H2,1H3. The van der Waals surface area contributed by atoms with Gasteiger partial charge in [0.25, 0.3) is 0 Å². The van der Waals surface area contributed by atoms with Gasteiger partial charge in [-0.15, -0.1) is 0 Å². The molecular formula is C17H16O4S. The van der Waals surface area contributed by atoms with E-state index < -0.39 is 10.1 Å². The zero-order valence-electron chi connectivity index (χ0n) is 12.2. The summed E-state index contributed by atoms with van der Waals surface area (Å²) in [5.74, 6) is 0.222. The van der Waals surface area contributed by atoms with Crippen molar-refractivity contribution < 1.29 is 17.4 Å². The van der Waals surface area contributed by atoms with E-state index in [1.54, 1.807) is 12.1 Å². The molecule has 0 fully saturated rings. The minimum absolute atomic E-state index is 0.0398. The molecule has 0 aliphatic heterocycles. The molecule has 22 heavy (non-hydrogen) atoms. The Balaban J connectivity index is 1.85. The molecule has 0 saturated carbocycles. The van der Waals surface area contributed by atoms with E-state index in [1.165, 1.54) is 36.8 Å². The van der Waals surface area contributed by atoms with Crippen LogP contribution < -0.4 is 4.18 Å². The van der Waals surface area contributed by atoms with Gasteiger partial charge in [0, 0.05) is 5.56 Å². The fourth-order valence-electron chi connectivity index (χ4n) is 2.63. The number of carbonyl (C=O) groups is 1. The highest BCUT2D eigenvalue weighted by Crippen LogP contribution is 2.27. The molecule has 0 N–H and O–H groups in total. The van der Waals surface area contributed by atoms with Crippen LogP contribution in [0.15, 0.2) is 47.4 Å². The lowest BCUT2D eigenvalue weighted by Gasteiger charge is -2.09. The van der Waals surface area contributed by atoms with Crippen molar-refractivity contribution in [1.82, 2.24) is 0 Å². The molecule has 1 aliphatic rings. The van der Waals surface area contributed by atoms with Crippen LogP contribution in [0.4, 0.5) is 0 Å². The minimum Gasteiger partial charge on any atom is -0.379 e. The fraction of sp³-hybridized carbons (Fsp3) is 0.235. The summed E-state index contributed by atoms with van der Waals surface area (Å²) in [6, 6.07) is 11.2. The minimum atomic E-state index is -3.88. The van der Waals surface area contributed by atoms with Crippen LogP contribution in [-0.2, 0) is 23.0 Å². The molecule has 0 amide bonds. The van der Waals surface area contributed by atoms with E-state index in [2.05, 4.69) is 0 Å². The van der Waals surface area contributed by atoms with E-state index in [4.69, 9.17) is 4.18 Å². The maximum absolute atomic E-state index is 12.3. The van der Waals surface area contributed by atoms with Crippen LogP contribution in [0.1, 0.15) is 34.8 Å². The van der Waals surface area contributed by atoms with Crippen molar-refractivity contribution in [3.63, 3.8) is 0 Å². The van der Waals surface area contributed by atoms with Crippen LogP contribution in [0, 0.1) is 0 Å². The van der Waals surface area contributed by atoms with Crippen molar-refractivity contribution in [2.45, 2.75) is 31.1 Å². The Morgan fingerprint density at radius 3 is 2.36 bits per heavy atom.